The van der Waals surface area contributed by atoms with E-state index in [4.69, 9.17) is 5.73 Å². The van der Waals surface area contributed by atoms with Gasteiger partial charge in [0.15, 0.2) is 0 Å². The number of rotatable bonds is 5. The summed E-state index contributed by atoms with van der Waals surface area (Å²) >= 11 is 0. The van der Waals surface area contributed by atoms with Crippen LogP contribution in [0.4, 0.5) is 0 Å². The van der Waals surface area contributed by atoms with Gasteiger partial charge in [0.25, 0.3) is 0 Å². The van der Waals surface area contributed by atoms with E-state index in [-0.39, 0.29) is 23.4 Å². The molecule has 0 saturated heterocycles. The van der Waals surface area contributed by atoms with Gasteiger partial charge in [-0.25, -0.2) is 0 Å². The molecule has 0 aromatic rings. The van der Waals surface area contributed by atoms with Crippen molar-refractivity contribution in [2.45, 2.75) is 52.1 Å². The highest BCUT2D eigenvalue weighted by molar-refractivity contribution is 5.79. The fourth-order valence-corrected chi connectivity index (χ4v) is 1.16. The summed E-state index contributed by atoms with van der Waals surface area (Å²) in [4.78, 5) is 22.6. The zero-order valence-corrected chi connectivity index (χ0v) is 10.6. The zero-order chi connectivity index (χ0) is 12.8. The minimum absolute atomic E-state index is 0.0615. The maximum absolute atomic E-state index is 11.4. The maximum atomic E-state index is 11.4. The minimum atomic E-state index is -0.229. The molecule has 0 bridgehead atoms. The molecule has 1 unspecified atom stereocenters. The van der Waals surface area contributed by atoms with Gasteiger partial charge < -0.3 is 16.4 Å². The average Bonchev–Trinajstić information content (AvgIpc) is 1.98. The van der Waals surface area contributed by atoms with Crippen molar-refractivity contribution in [3.63, 3.8) is 0 Å². The Bertz CT molecular complexity index is 244. The lowest BCUT2D eigenvalue weighted by molar-refractivity contribution is -0.123. The normalized spacial score (nSPS) is 13.1. The Hall–Kier alpha value is -1.10. The summed E-state index contributed by atoms with van der Waals surface area (Å²) in [6.07, 6.45) is 0.586. The molecule has 0 radical (unpaired) electrons. The SMILES string of the molecule is CC(N)CC(=O)NCCC(=O)NC(C)(C)C. The average molecular weight is 229 g/mol. The number of nitrogens with two attached hydrogens (primary N) is 1. The quantitative estimate of drug-likeness (QED) is 0.627. The van der Waals surface area contributed by atoms with Crippen LogP contribution in [0.3, 0.4) is 0 Å². The topological polar surface area (TPSA) is 84.2 Å². The van der Waals surface area contributed by atoms with Crippen LogP contribution in [-0.4, -0.2) is 29.9 Å². The van der Waals surface area contributed by atoms with Crippen molar-refractivity contribution < 1.29 is 9.59 Å². The van der Waals surface area contributed by atoms with E-state index >= 15 is 0 Å². The maximum Gasteiger partial charge on any atom is 0.222 e. The number of nitrogens with one attached hydrogen (secondary N) is 2. The van der Waals surface area contributed by atoms with Gasteiger partial charge in [-0.05, 0) is 27.7 Å². The van der Waals surface area contributed by atoms with E-state index in [1.807, 2.05) is 20.8 Å². The van der Waals surface area contributed by atoms with Crippen LogP contribution < -0.4 is 16.4 Å². The zero-order valence-electron chi connectivity index (χ0n) is 10.6. The fourth-order valence-electron chi connectivity index (χ4n) is 1.16. The number of amides is 2. The van der Waals surface area contributed by atoms with Crippen molar-refractivity contribution in [3.05, 3.63) is 0 Å². The van der Waals surface area contributed by atoms with Gasteiger partial charge in [-0.1, -0.05) is 0 Å². The Kier molecular flexibility index (Phi) is 6.03. The molecule has 0 aliphatic rings. The summed E-state index contributed by atoms with van der Waals surface area (Å²) in [5.41, 5.74) is 5.24. The predicted octanol–water partition coefficient (Wildman–Crippen LogP) is 0.145. The van der Waals surface area contributed by atoms with Gasteiger partial charge in [0, 0.05) is 31.0 Å². The van der Waals surface area contributed by atoms with Crippen molar-refractivity contribution in [3.8, 4) is 0 Å². The molecule has 0 heterocycles. The molecule has 5 nitrogen and oxygen atoms in total. The van der Waals surface area contributed by atoms with Gasteiger partial charge in [0.1, 0.15) is 0 Å². The smallest absolute Gasteiger partial charge is 0.222 e. The molecule has 16 heavy (non-hydrogen) atoms. The third-order valence-corrected chi connectivity index (χ3v) is 1.70. The first-order chi connectivity index (χ1) is 7.20. The second kappa shape index (κ2) is 6.48. The standard InChI is InChI=1S/C11H23N3O2/c1-8(12)7-10(16)13-6-5-9(15)14-11(2,3)4/h8H,5-7,12H2,1-4H3,(H,13,16)(H,14,15). The van der Waals surface area contributed by atoms with Crippen molar-refractivity contribution in [1.29, 1.82) is 0 Å². The Morgan fingerprint density at radius 2 is 1.81 bits per heavy atom. The molecular weight excluding hydrogens is 206 g/mol. The van der Waals surface area contributed by atoms with E-state index in [2.05, 4.69) is 10.6 Å². The number of carbonyl (C=O) groups excluding carboxylic acids is 2. The molecule has 94 valence electrons. The molecule has 0 spiro atoms. The van der Waals surface area contributed by atoms with Gasteiger partial charge in [0.05, 0.1) is 0 Å². The van der Waals surface area contributed by atoms with Crippen LogP contribution >= 0.6 is 0 Å². The van der Waals surface area contributed by atoms with Gasteiger partial charge >= 0.3 is 0 Å². The first kappa shape index (κ1) is 14.9. The van der Waals surface area contributed by atoms with Crippen LogP contribution in [0.25, 0.3) is 0 Å². The van der Waals surface area contributed by atoms with Gasteiger partial charge in [-0.3, -0.25) is 9.59 Å². The van der Waals surface area contributed by atoms with E-state index in [9.17, 15) is 9.59 Å². The second-order valence-electron chi connectivity index (χ2n) is 5.08. The van der Waals surface area contributed by atoms with E-state index < -0.39 is 0 Å². The second-order valence-corrected chi connectivity index (χ2v) is 5.08. The molecule has 0 aromatic carbocycles. The summed E-state index contributed by atoms with van der Waals surface area (Å²) in [5, 5.41) is 5.47. The fraction of sp³-hybridized carbons (Fsp3) is 0.818. The molecule has 5 heteroatoms. The summed E-state index contributed by atoms with van der Waals surface area (Å²) in [5.74, 6) is -0.174. The largest absolute Gasteiger partial charge is 0.356 e. The molecule has 0 saturated carbocycles. The highest BCUT2D eigenvalue weighted by Gasteiger charge is 2.13. The Balaban J connectivity index is 3.66. The lowest BCUT2D eigenvalue weighted by Gasteiger charge is -2.20. The van der Waals surface area contributed by atoms with Crippen LogP contribution in [0, 0.1) is 0 Å². The molecule has 1 atom stereocenters. The Morgan fingerprint density at radius 1 is 1.25 bits per heavy atom. The van der Waals surface area contributed by atoms with E-state index in [0.29, 0.717) is 19.4 Å². The number of carbonyl (C=O) groups is 2. The van der Waals surface area contributed by atoms with Crippen LogP contribution in [0.2, 0.25) is 0 Å². The lowest BCUT2D eigenvalue weighted by Crippen LogP contribution is -2.42. The molecule has 4 N–H and O–H groups in total. The molecule has 0 fully saturated rings. The first-order valence-electron chi connectivity index (χ1n) is 5.54. The monoisotopic (exact) mass is 229 g/mol. The molecule has 0 aliphatic heterocycles. The van der Waals surface area contributed by atoms with Crippen LogP contribution in [0.5, 0.6) is 0 Å². The van der Waals surface area contributed by atoms with Crippen molar-refractivity contribution in [1.82, 2.24) is 10.6 Å². The molecule has 0 aromatic heterocycles. The van der Waals surface area contributed by atoms with Crippen molar-refractivity contribution >= 4 is 11.8 Å². The van der Waals surface area contributed by atoms with Crippen molar-refractivity contribution in [2.24, 2.45) is 5.73 Å². The van der Waals surface area contributed by atoms with Gasteiger partial charge in [-0.2, -0.15) is 0 Å². The van der Waals surface area contributed by atoms with Crippen molar-refractivity contribution in [2.75, 3.05) is 6.54 Å². The van der Waals surface area contributed by atoms with Gasteiger partial charge in [0.2, 0.25) is 11.8 Å². The molecule has 2 amide bonds. The molecular formula is C11H23N3O2. The highest BCUT2D eigenvalue weighted by Crippen LogP contribution is 1.98. The third kappa shape index (κ3) is 9.45. The summed E-state index contributed by atoms with van der Waals surface area (Å²) < 4.78 is 0. The minimum Gasteiger partial charge on any atom is -0.356 e. The van der Waals surface area contributed by atoms with E-state index in [0.717, 1.165) is 0 Å². The predicted molar refractivity (Wildman–Crippen MR) is 63.8 cm³/mol. The Morgan fingerprint density at radius 3 is 2.25 bits per heavy atom. The first-order valence-corrected chi connectivity index (χ1v) is 5.54. The van der Waals surface area contributed by atoms with E-state index in [1.165, 1.54) is 0 Å². The van der Waals surface area contributed by atoms with Crippen LogP contribution in [-0.2, 0) is 9.59 Å². The van der Waals surface area contributed by atoms with Crippen LogP contribution in [0.1, 0.15) is 40.5 Å². The molecule has 0 aliphatic carbocycles. The number of hydrogen-bond donors (Lipinski definition) is 3. The Labute approximate surface area is 97.2 Å². The summed E-state index contributed by atoms with van der Waals surface area (Å²) in [6, 6.07) is -0.150. The van der Waals surface area contributed by atoms with Gasteiger partial charge in [-0.15, -0.1) is 0 Å². The lowest BCUT2D eigenvalue weighted by atomic mass is 10.1. The third-order valence-electron chi connectivity index (χ3n) is 1.70. The summed E-state index contributed by atoms with van der Waals surface area (Å²) in [7, 11) is 0. The number of hydrogen-bond acceptors (Lipinski definition) is 3. The highest BCUT2D eigenvalue weighted by atomic mass is 16.2. The van der Waals surface area contributed by atoms with E-state index in [1.54, 1.807) is 6.92 Å². The van der Waals surface area contributed by atoms with Crippen LogP contribution in [0.15, 0.2) is 0 Å². The molecule has 0 rings (SSSR count). The summed E-state index contributed by atoms with van der Waals surface area (Å²) in [6.45, 7) is 7.87.